The second kappa shape index (κ2) is 5.72. The second-order valence-electron chi connectivity index (χ2n) is 4.10. The van der Waals surface area contributed by atoms with Crippen LogP contribution >= 0.6 is 0 Å². The molecule has 0 amide bonds. The number of methoxy groups -OCH3 is 2. The Kier molecular flexibility index (Phi) is 4.55. The van der Waals surface area contributed by atoms with Gasteiger partial charge in [0.25, 0.3) is 0 Å². The molecule has 7 heteroatoms. The van der Waals surface area contributed by atoms with Gasteiger partial charge in [-0.25, -0.2) is 9.59 Å². The number of rotatable bonds is 5. The van der Waals surface area contributed by atoms with E-state index in [4.69, 9.17) is 9.47 Å². The zero-order chi connectivity index (χ0) is 13.8. The first-order chi connectivity index (χ1) is 8.44. The minimum atomic E-state index is -0.886. The number of carbonyl (C=O) groups excluding carboxylic acids is 2. The van der Waals surface area contributed by atoms with Gasteiger partial charge in [-0.15, -0.1) is 5.11 Å². The molecule has 0 aromatic heterocycles. The van der Waals surface area contributed by atoms with Crippen LogP contribution in [-0.2, 0) is 23.8 Å². The Morgan fingerprint density at radius 3 is 2.39 bits per heavy atom. The van der Waals surface area contributed by atoms with Crippen LogP contribution in [-0.4, -0.2) is 44.9 Å². The van der Waals surface area contributed by atoms with Crippen LogP contribution in [0.1, 0.15) is 13.8 Å². The quantitative estimate of drug-likeness (QED) is 0.537. The minimum absolute atomic E-state index is 0.0865. The van der Waals surface area contributed by atoms with Gasteiger partial charge in [0.05, 0.1) is 13.7 Å². The van der Waals surface area contributed by atoms with E-state index >= 15 is 0 Å². The Bertz CT molecular complexity index is 412. The third-order valence-corrected chi connectivity index (χ3v) is 2.35. The fourth-order valence-electron chi connectivity index (χ4n) is 1.44. The lowest BCUT2D eigenvalue weighted by molar-refractivity contribution is -0.142. The number of ether oxygens (including phenoxy) is 3. The van der Waals surface area contributed by atoms with Crippen LogP contribution in [0.15, 0.2) is 21.5 Å². The van der Waals surface area contributed by atoms with Gasteiger partial charge < -0.3 is 14.2 Å². The van der Waals surface area contributed by atoms with Crippen LogP contribution in [0.5, 0.6) is 0 Å². The van der Waals surface area contributed by atoms with Gasteiger partial charge in [0.15, 0.2) is 5.70 Å². The molecule has 0 fully saturated rings. The molecule has 0 radical (unpaired) electrons. The van der Waals surface area contributed by atoms with Crippen LogP contribution in [0.4, 0.5) is 0 Å². The molecule has 0 unspecified atom stereocenters. The van der Waals surface area contributed by atoms with Crippen molar-refractivity contribution in [1.82, 2.24) is 0 Å². The summed E-state index contributed by atoms with van der Waals surface area (Å²) < 4.78 is 14.3. The molecular formula is C11H16N2O5. The number of esters is 2. The number of azo groups is 1. The van der Waals surface area contributed by atoms with Crippen LogP contribution in [0.2, 0.25) is 0 Å². The Labute approximate surface area is 105 Å². The van der Waals surface area contributed by atoms with Crippen LogP contribution in [0, 0.1) is 0 Å². The highest BCUT2D eigenvalue weighted by molar-refractivity contribution is 6.02. The van der Waals surface area contributed by atoms with E-state index in [9.17, 15) is 9.59 Å². The maximum Gasteiger partial charge on any atom is 0.359 e. The summed E-state index contributed by atoms with van der Waals surface area (Å²) in [5.41, 5.74) is -0.890. The van der Waals surface area contributed by atoms with Crippen molar-refractivity contribution in [3.05, 3.63) is 11.3 Å². The summed E-state index contributed by atoms with van der Waals surface area (Å²) in [6.45, 7) is 3.69. The van der Waals surface area contributed by atoms with Crippen molar-refractivity contribution in [2.45, 2.75) is 19.4 Å². The first kappa shape index (κ1) is 14.3. The zero-order valence-corrected chi connectivity index (χ0v) is 10.8. The van der Waals surface area contributed by atoms with Crippen molar-refractivity contribution < 1.29 is 23.8 Å². The summed E-state index contributed by atoms with van der Waals surface area (Å²) >= 11 is 0. The van der Waals surface area contributed by atoms with Gasteiger partial charge in [-0.1, -0.05) is 0 Å². The molecule has 7 nitrogen and oxygen atoms in total. The molecule has 1 rings (SSSR count). The molecule has 0 saturated carbocycles. The van der Waals surface area contributed by atoms with Gasteiger partial charge in [0.2, 0.25) is 0 Å². The van der Waals surface area contributed by atoms with E-state index in [0.717, 1.165) is 0 Å². The summed E-state index contributed by atoms with van der Waals surface area (Å²) in [6.07, 6.45) is 0. The maximum absolute atomic E-state index is 11.7. The lowest BCUT2D eigenvalue weighted by Crippen LogP contribution is -2.26. The Balaban J connectivity index is 2.92. The van der Waals surface area contributed by atoms with Gasteiger partial charge in [0.1, 0.15) is 17.7 Å². The summed E-state index contributed by atoms with van der Waals surface area (Å²) in [5, 5.41) is 7.57. The molecule has 0 atom stereocenters. The zero-order valence-electron chi connectivity index (χ0n) is 10.8. The lowest BCUT2D eigenvalue weighted by Gasteiger charge is -2.15. The average molecular weight is 256 g/mol. The molecule has 1 aliphatic rings. The van der Waals surface area contributed by atoms with Gasteiger partial charge >= 0.3 is 11.9 Å². The Hall–Kier alpha value is -1.76. The standard InChI is InChI=1S/C11H16N2O5/c1-11(2)7(9(14)17-4)8(12-13-11)10(15)18-6-5-16-3/h5-6H2,1-4H3. The van der Waals surface area contributed by atoms with Crippen molar-refractivity contribution in [2.24, 2.45) is 10.2 Å². The number of hydrogen-bond donors (Lipinski definition) is 0. The van der Waals surface area contributed by atoms with Crippen molar-refractivity contribution in [2.75, 3.05) is 27.4 Å². The first-order valence-electron chi connectivity index (χ1n) is 5.36. The summed E-state index contributed by atoms with van der Waals surface area (Å²) in [5.74, 6) is -1.34. The fourth-order valence-corrected chi connectivity index (χ4v) is 1.44. The predicted molar refractivity (Wildman–Crippen MR) is 60.8 cm³/mol. The molecule has 0 aliphatic carbocycles. The first-order valence-corrected chi connectivity index (χ1v) is 5.36. The van der Waals surface area contributed by atoms with E-state index in [0.29, 0.717) is 0 Å². The van der Waals surface area contributed by atoms with Gasteiger partial charge in [0, 0.05) is 7.11 Å². The van der Waals surface area contributed by atoms with Crippen LogP contribution in [0.3, 0.4) is 0 Å². The molecule has 1 heterocycles. The molecule has 0 N–H and O–H groups in total. The fraction of sp³-hybridized carbons (Fsp3) is 0.636. The molecule has 0 aromatic carbocycles. The summed E-state index contributed by atoms with van der Waals surface area (Å²) in [4.78, 5) is 23.4. The molecule has 0 aromatic rings. The van der Waals surface area contributed by atoms with E-state index in [-0.39, 0.29) is 24.5 Å². The predicted octanol–water partition coefficient (Wildman–Crippen LogP) is 0.847. The SMILES string of the molecule is COCCOC(=O)C1=C(C(=O)OC)C(C)(C)N=N1. The second-order valence-corrected chi connectivity index (χ2v) is 4.10. The number of carbonyl (C=O) groups is 2. The highest BCUT2D eigenvalue weighted by Gasteiger charge is 2.40. The molecule has 0 spiro atoms. The highest BCUT2D eigenvalue weighted by atomic mass is 16.6. The average Bonchev–Trinajstić information content (AvgIpc) is 2.64. The van der Waals surface area contributed by atoms with Gasteiger partial charge in [-0.3, -0.25) is 0 Å². The monoisotopic (exact) mass is 256 g/mol. The van der Waals surface area contributed by atoms with Gasteiger partial charge in [-0.05, 0) is 13.8 Å². The minimum Gasteiger partial charge on any atom is -0.466 e. The van der Waals surface area contributed by atoms with Crippen molar-refractivity contribution in [1.29, 1.82) is 0 Å². The molecule has 1 aliphatic heterocycles. The highest BCUT2D eigenvalue weighted by Crippen LogP contribution is 2.33. The third kappa shape index (κ3) is 2.92. The van der Waals surface area contributed by atoms with Gasteiger partial charge in [-0.2, -0.15) is 5.11 Å². The number of hydrogen-bond acceptors (Lipinski definition) is 7. The molecule has 0 bridgehead atoms. The maximum atomic E-state index is 11.7. The van der Waals surface area contributed by atoms with E-state index in [1.807, 2.05) is 0 Å². The molecular weight excluding hydrogens is 240 g/mol. The molecule has 0 saturated heterocycles. The Morgan fingerprint density at radius 2 is 1.83 bits per heavy atom. The largest absolute Gasteiger partial charge is 0.466 e. The summed E-state index contributed by atoms with van der Waals surface area (Å²) in [6, 6.07) is 0. The smallest absolute Gasteiger partial charge is 0.359 e. The van der Waals surface area contributed by atoms with Crippen LogP contribution in [0.25, 0.3) is 0 Å². The van der Waals surface area contributed by atoms with Crippen molar-refractivity contribution in [3.63, 3.8) is 0 Å². The van der Waals surface area contributed by atoms with E-state index in [1.54, 1.807) is 13.8 Å². The summed E-state index contributed by atoms with van der Waals surface area (Å²) in [7, 11) is 2.73. The normalized spacial score (nSPS) is 16.9. The van der Waals surface area contributed by atoms with Crippen molar-refractivity contribution >= 4 is 11.9 Å². The van der Waals surface area contributed by atoms with E-state index in [1.165, 1.54) is 14.2 Å². The topological polar surface area (TPSA) is 86.5 Å². The van der Waals surface area contributed by atoms with E-state index < -0.39 is 17.5 Å². The molecule has 100 valence electrons. The third-order valence-electron chi connectivity index (χ3n) is 2.35. The van der Waals surface area contributed by atoms with E-state index in [2.05, 4.69) is 15.0 Å². The molecule has 18 heavy (non-hydrogen) atoms. The Morgan fingerprint density at radius 1 is 1.17 bits per heavy atom. The number of nitrogens with zero attached hydrogens (tertiary/aromatic N) is 2. The van der Waals surface area contributed by atoms with Crippen molar-refractivity contribution in [3.8, 4) is 0 Å². The van der Waals surface area contributed by atoms with Crippen LogP contribution < -0.4 is 0 Å². The lowest BCUT2D eigenvalue weighted by atomic mass is 9.94.